The van der Waals surface area contributed by atoms with Crippen molar-refractivity contribution in [1.29, 1.82) is 0 Å². The van der Waals surface area contributed by atoms with Crippen LogP contribution in [0.4, 0.5) is 0 Å². The van der Waals surface area contributed by atoms with Gasteiger partial charge >= 0.3 is 0 Å². The Kier molecular flexibility index (Phi) is 8.05. The smallest absolute Gasteiger partial charge is 0.00391 e. The summed E-state index contributed by atoms with van der Waals surface area (Å²) in [4.78, 5) is 5.40. The summed E-state index contributed by atoms with van der Waals surface area (Å²) < 4.78 is 0. The molecule has 124 valence electrons. The molecular weight excluding hydrogens is 258 g/mol. The summed E-state index contributed by atoms with van der Waals surface area (Å²) in [5.41, 5.74) is 0. The minimum atomic E-state index is 0.692. The van der Waals surface area contributed by atoms with Crippen molar-refractivity contribution in [1.82, 2.24) is 15.1 Å². The van der Waals surface area contributed by atoms with Crippen LogP contribution in [-0.2, 0) is 0 Å². The van der Waals surface area contributed by atoms with Gasteiger partial charge in [0.1, 0.15) is 0 Å². The standard InChI is InChI=1S/C18H37N3/c1-3-10-19-17(2)7-6-13-20-14-8-18(9-15-20)16-21-11-4-5-12-21/h17-19H,3-16H2,1-2H3. The van der Waals surface area contributed by atoms with Gasteiger partial charge in [-0.05, 0) is 97.1 Å². The van der Waals surface area contributed by atoms with E-state index in [9.17, 15) is 0 Å². The van der Waals surface area contributed by atoms with Crippen LogP contribution in [0.25, 0.3) is 0 Å². The summed E-state index contributed by atoms with van der Waals surface area (Å²) in [6.07, 6.45) is 9.66. The number of rotatable bonds is 9. The zero-order valence-electron chi connectivity index (χ0n) is 14.4. The third kappa shape index (κ3) is 6.66. The molecule has 0 spiro atoms. The van der Waals surface area contributed by atoms with Crippen LogP contribution in [0.5, 0.6) is 0 Å². The second-order valence-electron chi connectivity index (χ2n) is 7.29. The third-order valence-electron chi connectivity index (χ3n) is 5.28. The molecule has 3 nitrogen and oxygen atoms in total. The van der Waals surface area contributed by atoms with E-state index >= 15 is 0 Å². The van der Waals surface area contributed by atoms with Crippen molar-refractivity contribution in [3.63, 3.8) is 0 Å². The number of nitrogens with one attached hydrogen (secondary N) is 1. The molecule has 0 aromatic rings. The van der Waals surface area contributed by atoms with E-state index in [0.717, 1.165) is 5.92 Å². The summed E-state index contributed by atoms with van der Waals surface area (Å²) in [7, 11) is 0. The van der Waals surface area contributed by atoms with Crippen LogP contribution < -0.4 is 5.32 Å². The van der Waals surface area contributed by atoms with Gasteiger partial charge in [0, 0.05) is 12.6 Å². The molecule has 2 heterocycles. The number of nitrogens with zero attached hydrogens (tertiary/aromatic N) is 2. The van der Waals surface area contributed by atoms with E-state index in [0.29, 0.717) is 6.04 Å². The molecule has 1 unspecified atom stereocenters. The lowest BCUT2D eigenvalue weighted by atomic mass is 9.96. The molecule has 1 atom stereocenters. The summed E-state index contributed by atoms with van der Waals surface area (Å²) in [6.45, 7) is 13.9. The lowest BCUT2D eigenvalue weighted by molar-refractivity contribution is 0.151. The zero-order valence-corrected chi connectivity index (χ0v) is 14.4. The molecule has 1 N–H and O–H groups in total. The quantitative estimate of drug-likeness (QED) is 0.705. The van der Waals surface area contributed by atoms with Gasteiger partial charge in [0.2, 0.25) is 0 Å². The van der Waals surface area contributed by atoms with Gasteiger partial charge in [-0.3, -0.25) is 0 Å². The molecule has 0 saturated carbocycles. The van der Waals surface area contributed by atoms with Gasteiger partial charge in [-0.1, -0.05) is 6.92 Å². The Balaban J connectivity index is 1.50. The van der Waals surface area contributed by atoms with E-state index in [2.05, 4.69) is 29.0 Å². The van der Waals surface area contributed by atoms with Gasteiger partial charge < -0.3 is 15.1 Å². The molecule has 2 aliphatic heterocycles. The van der Waals surface area contributed by atoms with Crippen molar-refractivity contribution in [3.05, 3.63) is 0 Å². The van der Waals surface area contributed by atoms with E-state index in [-0.39, 0.29) is 0 Å². The molecule has 2 aliphatic rings. The molecule has 2 rings (SSSR count). The van der Waals surface area contributed by atoms with Crippen LogP contribution in [0.15, 0.2) is 0 Å². The predicted molar refractivity (Wildman–Crippen MR) is 91.8 cm³/mol. The van der Waals surface area contributed by atoms with Crippen molar-refractivity contribution in [3.8, 4) is 0 Å². The van der Waals surface area contributed by atoms with Crippen LogP contribution in [0.3, 0.4) is 0 Å². The molecule has 0 aromatic heterocycles. The fourth-order valence-corrected chi connectivity index (χ4v) is 3.84. The first kappa shape index (κ1) is 17.2. The Morgan fingerprint density at radius 1 is 1.05 bits per heavy atom. The van der Waals surface area contributed by atoms with E-state index in [4.69, 9.17) is 0 Å². The summed E-state index contributed by atoms with van der Waals surface area (Å²) in [6, 6.07) is 0.692. The van der Waals surface area contributed by atoms with Gasteiger partial charge in [-0.2, -0.15) is 0 Å². The van der Waals surface area contributed by atoms with E-state index in [1.54, 1.807) is 0 Å². The van der Waals surface area contributed by atoms with Gasteiger partial charge in [-0.25, -0.2) is 0 Å². The first-order valence-electron chi connectivity index (χ1n) is 9.46. The topological polar surface area (TPSA) is 18.5 Å². The van der Waals surface area contributed by atoms with Gasteiger partial charge in [0.15, 0.2) is 0 Å². The minimum Gasteiger partial charge on any atom is -0.314 e. The Morgan fingerprint density at radius 3 is 2.43 bits per heavy atom. The third-order valence-corrected chi connectivity index (χ3v) is 5.28. The summed E-state index contributed by atoms with van der Waals surface area (Å²) in [5.74, 6) is 0.976. The molecule has 2 saturated heterocycles. The Labute approximate surface area is 132 Å². The van der Waals surface area contributed by atoms with Crippen molar-refractivity contribution in [2.45, 2.75) is 64.8 Å². The average Bonchev–Trinajstić information content (AvgIpc) is 3.00. The number of likely N-dealkylation sites (tertiary alicyclic amines) is 2. The number of hydrogen-bond donors (Lipinski definition) is 1. The van der Waals surface area contributed by atoms with E-state index < -0.39 is 0 Å². The van der Waals surface area contributed by atoms with Crippen LogP contribution in [-0.4, -0.2) is 61.7 Å². The predicted octanol–water partition coefficient (Wildman–Crippen LogP) is 2.96. The maximum atomic E-state index is 3.59. The van der Waals surface area contributed by atoms with Gasteiger partial charge in [0.25, 0.3) is 0 Å². The van der Waals surface area contributed by atoms with Gasteiger partial charge in [-0.15, -0.1) is 0 Å². The Morgan fingerprint density at radius 2 is 1.76 bits per heavy atom. The van der Waals surface area contributed by atoms with E-state index in [1.807, 2.05) is 0 Å². The molecule has 0 bridgehead atoms. The molecule has 0 aliphatic carbocycles. The zero-order chi connectivity index (χ0) is 14.9. The lowest BCUT2D eigenvalue weighted by Gasteiger charge is -2.34. The Bertz CT molecular complexity index is 255. The molecular formula is C18H37N3. The van der Waals surface area contributed by atoms with Crippen molar-refractivity contribution in [2.24, 2.45) is 5.92 Å². The minimum absolute atomic E-state index is 0.692. The van der Waals surface area contributed by atoms with E-state index in [1.165, 1.54) is 90.8 Å². The lowest BCUT2D eigenvalue weighted by Crippen LogP contribution is -2.38. The molecule has 21 heavy (non-hydrogen) atoms. The highest BCUT2D eigenvalue weighted by molar-refractivity contribution is 4.77. The molecule has 0 amide bonds. The van der Waals surface area contributed by atoms with Crippen LogP contribution in [0.2, 0.25) is 0 Å². The normalized spacial score (nSPS) is 23.7. The SMILES string of the molecule is CCCNC(C)CCCN1CCC(CN2CCCC2)CC1. The fourth-order valence-electron chi connectivity index (χ4n) is 3.84. The molecule has 3 heteroatoms. The summed E-state index contributed by atoms with van der Waals surface area (Å²) >= 11 is 0. The highest BCUT2D eigenvalue weighted by Gasteiger charge is 2.22. The highest BCUT2D eigenvalue weighted by Crippen LogP contribution is 2.20. The first-order chi connectivity index (χ1) is 10.3. The van der Waals surface area contributed by atoms with Crippen molar-refractivity contribution < 1.29 is 0 Å². The number of hydrogen-bond acceptors (Lipinski definition) is 3. The molecule has 0 radical (unpaired) electrons. The average molecular weight is 296 g/mol. The van der Waals surface area contributed by atoms with Crippen LogP contribution in [0, 0.1) is 5.92 Å². The van der Waals surface area contributed by atoms with Gasteiger partial charge in [0.05, 0.1) is 0 Å². The second kappa shape index (κ2) is 9.81. The Hall–Kier alpha value is -0.120. The maximum absolute atomic E-state index is 3.59. The number of piperidine rings is 1. The molecule has 2 fully saturated rings. The highest BCUT2D eigenvalue weighted by atomic mass is 15.2. The first-order valence-corrected chi connectivity index (χ1v) is 9.46. The van der Waals surface area contributed by atoms with Crippen LogP contribution in [0.1, 0.15) is 58.8 Å². The largest absolute Gasteiger partial charge is 0.314 e. The van der Waals surface area contributed by atoms with Crippen LogP contribution >= 0.6 is 0 Å². The maximum Gasteiger partial charge on any atom is 0.00391 e. The molecule has 0 aromatic carbocycles. The monoisotopic (exact) mass is 295 g/mol. The second-order valence-corrected chi connectivity index (χ2v) is 7.29. The fraction of sp³-hybridized carbons (Fsp3) is 1.00. The summed E-state index contributed by atoms with van der Waals surface area (Å²) in [5, 5.41) is 3.59. The van der Waals surface area contributed by atoms with Crippen molar-refractivity contribution >= 4 is 0 Å². The van der Waals surface area contributed by atoms with Crippen molar-refractivity contribution in [2.75, 3.05) is 45.8 Å².